The molecule has 0 N–H and O–H groups in total. The molecule has 4 heteroatoms. The number of ether oxygens (including phenoxy) is 1. The molecule has 1 unspecified atom stereocenters. The Labute approximate surface area is 112 Å². The van der Waals surface area contributed by atoms with Gasteiger partial charge in [0.25, 0.3) is 0 Å². The third-order valence-corrected chi connectivity index (χ3v) is 4.06. The van der Waals surface area contributed by atoms with Crippen LogP contribution in [0.2, 0.25) is 0 Å². The number of carbonyl (C=O) groups is 2. The van der Waals surface area contributed by atoms with E-state index in [0.29, 0.717) is 12.8 Å². The molecule has 2 aliphatic heterocycles. The maximum Gasteiger partial charge on any atom is 0.305 e. The number of hydrogen-bond acceptors (Lipinski definition) is 3. The predicted octanol–water partition coefficient (Wildman–Crippen LogP) is 2.02. The molecule has 1 fully saturated rings. The standard InChI is InChI=1S/C15H17NO3/c1-10(2)16-12-6-4-3-5-11(12)15(14(16)18)8-7-13(17)19-9-15/h3-6,10H,7-9H2,1-2H3. The van der Waals surface area contributed by atoms with Crippen molar-refractivity contribution in [3.63, 3.8) is 0 Å². The minimum atomic E-state index is -0.658. The van der Waals surface area contributed by atoms with Gasteiger partial charge in [-0.2, -0.15) is 0 Å². The summed E-state index contributed by atoms with van der Waals surface area (Å²) >= 11 is 0. The van der Waals surface area contributed by atoms with Gasteiger partial charge in [-0.1, -0.05) is 18.2 Å². The molecule has 1 spiro atoms. The van der Waals surface area contributed by atoms with Gasteiger partial charge in [0.1, 0.15) is 12.0 Å². The average Bonchev–Trinajstić information content (AvgIpc) is 2.63. The first-order valence-corrected chi connectivity index (χ1v) is 6.65. The highest BCUT2D eigenvalue weighted by Crippen LogP contribution is 2.47. The fourth-order valence-corrected chi connectivity index (χ4v) is 3.10. The van der Waals surface area contributed by atoms with Crippen molar-refractivity contribution in [1.29, 1.82) is 0 Å². The van der Waals surface area contributed by atoms with E-state index in [1.165, 1.54) is 0 Å². The monoisotopic (exact) mass is 259 g/mol. The molecular formula is C15H17NO3. The van der Waals surface area contributed by atoms with Crippen molar-refractivity contribution in [2.75, 3.05) is 11.5 Å². The lowest BCUT2D eigenvalue weighted by atomic mass is 9.77. The third-order valence-electron chi connectivity index (χ3n) is 4.06. The number of benzene rings is 1. The van der Waals surface area contributed by atoms with Crippen LogP contribution in [0.4, 0.5) is 5.69 Å². The molecular weight excluding hydrogens is 242 g/mol. The highest BCUT2D eigenvalue weighted by molar-refractivity contribution is 6.09. The molecule has 3 rings (SSSR count). The van der Waals surface area contributed by atoms with Crippen LogP contribution in [-0.4, -0.2) is 24.5 Å². The third kappa shape index (κ3) is 1.59. The maximum atomic E-state index is 12.8. The van der Waals surface area contributed by atoms with Crippen molar-refractivity contribution in [1.82, 2.24) is 0 Å². The molecule has 2 heterocycles. The zero-order chi connectivity index (χ0) is 13.6. The van der Waals surface area contributed by atoms with Gasteiger partial charge < -0.3 is 9.64 Å². The van der Waals surface area contributed by atoms with Crippen LogP contribution in [0.3, 0.4) is 0 Å². The second kappa shape index (κ2) is 4.08. The van der Waals surface area contributed by atoms with Gasteiger partial charge in [0.05, 0.1) is 0 Å². The van der Waals surface area contributed by atoms with Gasteiger partial charge in [0.2, 0.25) is 5.91 Å². The molecule has 1 aromatic rings. The van der Waals surface area contributed by atoms with E-state index in [2.05, 4.69) is 0 Å². The number of nitrogens with zero attached hydrogens (tertiary/aromatic N) is 1. The van der Waals surface area contributed by atoms with Gasteiger partial charge in [-0.15, -0.1) is 0 Å². The molecule has 2 aliphatic rings. The summed E-state index contributed by atoms with van der Waals surface area (Å²) < 4.78 is 5.18. The maximum absolute atomic E-state index is 12.8. The van der Waals surface area contributed by atoms with Crippen molar-refractivity contribution in [3.05, 3.63) is 29.8 Å². The molecule has 1 saturated heterocycles. The molecule has 0 bridgehead atoms. The smallest absolute Gasteiger partial charge is 0.305 e. The number of rotatable bonds is 1. The Morgan fingerprint density at radius 3 is 2.63 bits per heavy atom. The van der Waals surface area contributed by atoms with E-state index in [4.69, 9.17) is 4.74 Å². The van der Waals surface area contributed by atoms with Crippen molar-refractivity contribution >= 4 is 17.6 Å². The number of anilines is 1. The van der Waals surface area contributed by atoms with Crippen LogP contribution in [0, 0.1) is 0 Å². The molecule has 0 radical (unpaired) electrons. The first-order chi connectivity index (χ1) is 9.06. The van der Waals surface area contributed by atoms with Gasteiger partial charge in [-0.3, -0.25) is 9.59 Å². The summed E-state index contributed by atoms with van der Waals surface area (Å²) in [4.78, 5) is 25.9. The zero-order valence-electron chi connectivity index (χ0n) is 11.2. The van der Waals surface area contributed by atoms with Crippen LogP contribution in [0.5, 0.6) is 0 Å². The molecule has 1 atom stereocenters. The summed E-state index contributed by atoms with van der Waals surface area (Å²) in [5.74, 6) is -0.143. The summed E-state index contributed by atoms with van der Waals surface area (Å²) in [6.45, 7) is 4.18. The van der Waals surface area contributed by atoms with Gasteiger partial charge >= 0.3 is 5.97 Å². The molecule has 19 heavy (non-hydrogen) atoms. The second-order valence-electron chi connectivity index (χ2n) is 5.53. The normalized spacial score (nSPS) is 25.9. The Balaban J connectivity index is 2.12. The minimum absolute atomic E-state index is 0.0659. The van der Waals surface area contributed by atoms with Crippen molar-refractivity contribution < 1.29 is 14.3 Å². The molecule has 0 aliphatic carbocycles. The Kier molecular flexibility index (Phi) is 2.62. The summed E-state index contributed by atoms with van der Waals surface area (Å²) in [6.07, 6.45) is 0.858. The lowest BCUT2D eigenvalue weighted by Gasteiger charge is -2.32. The molecule has 0 saturated carbocycles. The number of amides is 1. The first kappa shape index (κ1) is 12.2. The van der Waals surface area contributed by atoms with Gasteiger partial charge in [-0.25, -0.2) is 0 Å². The molecule has 4 nitrogen and oxygen atoms in total. The fraction of sp³-hybridized carbons (Fsp3) is 0.467. The van der Waals surface area contributed by atoms with Gasteiger partial charge in [-0.05, 0) is 31.9 Å². The summed E-state index contributed by atoms with van der Waals surface area (Å²) in [6, 6.07) is 7.93. The Morgan fingerprint density at radius 2 is 2.00 bits per heavy atom. The number of fused-ring (bicyclic) bond motifs is 2. The number of hydrogen-bond donors (Lipinski definition) is 0. The lowest BCUT2D eigenvalue weighted by Crippen LogP contribution is -2.48. The Hall–Kier alpha value is -1.84. The molecule has 0 aromatic heterocycles. The number of para-hydroxylation sites is 1. The van der Waals surface area contributed by atoms with Crippen LogP contribution < -0.4 is 4.90 Å². The van der Waals surface area contributed by atoms with Crippen molar-refractivity contribution in [2.24, 2.45) is 0 Å². The van der Waals surface area contributed by atoms with Crippen molar-refractivity contribution in [2.45, 2.75) is 38.1 Å². The average molecular weight is 259 g/mol. The number of cyclic esters (lactones) is 1. The van der Waals surface area contributed by atoms with Crippen LogP contribution in [0.15, 0.2) is 24.3 Å². The van der Waals surface area contributed by atoms with E-state index in [1.54, 1.807) is 0 Å². The number of carbonyl (C=O) groups excluding carboxylic acids is 2. The summed E-state index contributed by atoms with van der Waals surface area (Å²) in [5, 5.41) is 0. The van der Waals surface area contributed by atoms with E-state index < -0.39 is 5.41 Å². The zero-order valence-corrected chi connectivity index (χ0v) is 11.2. The first-order valence-electron chi connectivity index (χ1n) is 6.65. The van der Waals surface area contributed by atoms with E-state index in [0.717, 1.165) is 11.3 Å². The van der Waals surface area contributed by atoms with E-state index in [9.17, 15) is 9.59 Å². The highest BCUT2D eigenvalue weighted by atomic mass is 16.5. The van der Waals surface area contributed by atoms with Crippen LogP contribution in [0.25, 0.3) is 0 Å². The van der Waals surface area contributed by atoms with Crippen LogP contribution in [0.1, 0.15) is 32.3 Å². The molecule has 100 valence electrons. The fourth-order valence-electron chi connectivity index (χ4n) is 3.10. The van der Waals surface area contributed by atoms with Crippen LogP contribution >= 0.6 is 0 Å². The summed E-state index contributed by atoms with van der Waals surface area (Å²) in [5.41, 5.74) is 1.30. The van der Waals surface area contributed by atoms with Crippen molar-refractivity contribution in [3.8, 4) is 0 Å². The lowest BCUT2D eigenvalue weighted by molar-refractivity contribution is -0.153. The molecule has 1 aromatic carbocycles. The number of esters is 1. The summed E-state index contributed by atoms with van der Waals surface area (Å²) in [7, 11) is 0. The topological polar surface area (TPSA) is 46.6 Å². The van der Waals surface area contributed by atoms with Crippen LogP contribution in [-0.2, 0) is 19.7 Å². The second-order valence-corrected chi connectivity index (χ2v) is 5.53. The van der Waals surface area contributed by atoms with E-state index in [1.807, 2.05) is 43.0 Å². The Morgan fingerprint density at radius 1 is 1.26 bits per heavy atom. The highest BCUT2D eigenvalue weighted by Gasteiger charge is 2.53. The SMILES string of the molecule is CC(C)N1C(=O)C2(CCC(=O)OC2)c2ccccc21. The molecule has 1 amide bonds. The largest absolute Gasteiger partial charge is 0.464 e. The van der Waals surface area contributed by atoms with E-state index >= 15 is 0 Å². The minimum Gasteiger partial charge on any atom is -0.464 e. The quantitative estimate of drug-likeness (QED) is 0.725. The van der Waals surface area contributed by atoms with Gasteiger partial charge in [0.15, 0.2) is 0 Å². The predicted molar refractivity (Wildman–Crippen MR) is 70.9 cm³/mol. The van der Waals surface area contributed by atoms with Gasteiger partial charge in [0, 0.05) is 18.2 Å². The Bertz CT molecular complexity index is 540. The van der Waals surface area contributed by atoms with E-state index in [-0.39, 0.29) is 24.5 Å².